The van der Waals surface area contributed by atoms with E-state index in [0.717, 1.165) is 23.5 Å². The Kier molecular flexibility index (Phi) is 28.7. The van der Waals surface area contributed by atoms with Gasteiger partial charge in [0.2, 0.25) is 0 Å². The van der Waals surface area contributed by atoms with Gasteiger partial charge in [-0.05, 0) is 67.2 Å². The van der Waals surface area contributed by atoms with Crippen molar-refractivity contribution in [3.8, 4) is 0 Å². The maximum atomic E-state index is 11.4. The quantitative estimate of drug-likeness (QED) is 0.159. The number of carbonyl (C=O) groups excluding carboxylic acids is 2. The van der Waals surface area contributed by atoms with E-state index in [0.29, 0.717) is 13.2 Å². The number of unbranched alkanes of at least 4 members (excludes halogenated alkanes) is 1. The molecule has 0 atom stereocenters. The Labute approximate surface area is 266 Å². The van der Waals surface area contributed by atoms with E-state index < -0.39 is 22.9 Å². The van der Waals surface area contributed by atoms with Gasteiger partial charge in [0, 0.05) is 10.7 Å². The largest absolute Gasteiger partial charge is 1.00 e. The van der Waals surface area contributed by atoms with Crippen molar-refractivity contribution in [2.45, 2.75) is 105 Å². The van der Waals surface area contributed by atoms with Crippen molar-refractivity contribution in [2.24, 2.45) is 0 Å². The van der Waals surface area contributed by atoms with Gasteiger partial charge < -0.3 is 14.6 Å². The van der Waals surface area contributed by atoms with Crippen LogP contribution < -0.4 is 62.0 Å². The molecule has 9 nitrogen and oxygen atoms in total. The SMILES string of the molecule is BrCCCCBr.CC(C)(C)OC(=O)N1CCCCO1.CC(C)(C)OC(=O)NO.CC(C)(C)[O-].[K+]. The van der Waals surface area contributed by atoms with Crippen LogP contribution in [-0.2, 0) is 14.3 Å². The van der Waals surface area contributed by atoms with Crippen LogP contribution in [0, 0.1) is 0 Å². The minimum Gasteiger partial charge on any atom is -0.850 e. The Hall–Kier alpha value is 1.02. The van der Waals surface area contributed by atoms with E-state index >= 15 is 0 Å². The molecule has 1 saturated heterocycles. The average Bonchev–Trinajstić information content (AvgIpc) is 2.64. The van der Waals surface area contributed by atoms with Gasteiger partial charge in [-0.1, -0.05) is 52.6 Å². The molecule has 0 aromatic carbocycles. The Balaban J connectivity index is -0.000000188. The molecule has 0 unspecified atom stereocenters. The topological polar surface area (TPSA) is 120 Å². The van der Waals surface area contributed by atoms with Crippen LogP contribution >= 0.6 is 31.9 Å². The van der Waals surface area contributed by atoms with Crippen LogP contribution in [0.4, 0.5) is 9.59 Å². The predicted molar refractivity (Wildman–Crippen MR) is 136 cm³/mol. The Morgan fingerprint density at radius 3 is 1.59 bits per heavy atom. The molecule has 1 aliphatic heterocycles. The fraction of sp³-hybridized carbons (Fsp3) is 0.909. The molecular weight excluding hydrogens is 603 g/mol. The zero-order chi connectivity index (χ0) is 26.7. The van der Waals surface area contributed by atoms with E-state index in [2.05, 4.69) is 36.6 Å². The molecule has 0 bridgehead atoms. The molecule has 0 aromatic rings. The Morgan fingerprint density at radius 1 is 0.941 bits per heavy atom. The first-order chi connectivity index (χ1) is 14.9. The maximum absolute atomic E-state index is 11.4. The molecule has 200 valence electrons. The molecule has 0 aromatic heterocycles. The summed E-state index contributed by atoms with van der Waals surface area (Å²) in [6.07, 6.45) is 3.35. The molecule has 1 aliphatic rings. The number of nitrogens with zero attached hydrogens (tertiary/aromatic N) is 1. The normalized spacial score (nSPS) is 13.3. The molecule has 1 fully saturated rings. The van der Waals surface area contributed by atoms with E-state index in [1.807, 2.05) is 20.8 Å². The van der Waals surface area contributed by atoms with E-state index in [1.165, 1.54) is 23.4 Å². The minimum atomic E-state index is -0.831. The number of nitrogens with one attached hydrogen (secondary N) is 1. The molecule has 0 radical (unpaired) electrons. The molecule has 12 heteroatoms. The standard InChI is InChI=1S/C9H17NO3.C5H11NO3.C4H8Br2.C4H9O.K/c1-9(2,3)13-8(11)10-6-4-5-7-12-10;1-5(2,3)9-4(7)6-8;5-3-1-2-4-6;1-4(2,3)5;/h4-7H2,1-3H3;8H,1-3H3,(H,6,7);1-4H2;1-3H3;/q;;;-1;+1. The second-order valence-corrected chi connectivity index (χ2v) is 11.5. The molecule has 2 N–H and O–H groups in total. The summed E-state index contributed by atoms with van der Waals surface area (Å²) in [6, 6.07) is 0. The first-order valence-corrected chi connectivity index (χ1v) is 13.2. The number of halogens is 2. The van der Waals surface area contributed by atoms with Gasteiger partial charge in [-0.2, -0.15) is 5.06 Å². The maximum Gasteiger partial charge on any atom is 1.00 e. The fourth-order valence-corrected chi connectivity index (χ4v) is 2.34. The Bertz CT molecular complexity index is 493. The van der Waals surface area contributed by atoms with Crippen LogP contribution in [-0.4, -0.2) is 63.1 Å². The van der Waals surface area contributed by atoms with E-state index in [1.54, 1.807) is 41.5 Å². The third-order valence-corrected chi connectivity index (χ3v) is 3.73. The summed E-state index contributed by atoms with van der Waals surface area (Å²) in [5.74, 6) is 0. The summed E-state index contributed by atoms with van der Waals surface area (Å²) in [6.45, 7) is 16.8. The van der Waals surface area contributed by atoms with Gasteiger partial charge in [-0.25, -0.2) is 15.1 Å². The summed E-state index contributed by atoms with van der Waals surface area (Å²) in [7, 11) is 0. The Morgan fingerprint density at radius 2 is 1.35 bits per heavy atom. The smallest absolute Gasteiger partial charge is 0.850 e. The molecule has 1 heterocycles. The number of hydroxylamine groups is 3. The number of amides is 2. The molecule has 0 aliphatic carbocycles. The molecule has 34 heavy (non-hydrogen) atoms. The second-order valence-electron chi connectivity index (χ2n) is 9.93. The third-order valence-electron chi connectivity index (χ3n) is 2.61. The zero-order valence-corrected chi connectivity index (χ0v) is 29.1. The molecule has 0 saturated carbocycles. The first-order valence-electron chi connectivity index (χ1n) is 10.9. The number of hydrogen-bond donors (Lipinski definition) is 2. The van der Waals surface area contributed by atoms with E-state index in [4.69, 9.17) is 14.8 Å². The number of carbonyl (C=O) groups is 2. The summed E-state index contributed by atoms with van der Waals surface area (Å²) < 4.78 is 9.73. The van der Waals surface area contributed by atoms with Gasteiger partial charge in [-0.3, -0.25) is 10.0 Å². The van der Waals surface area contributed by atoms with Gasteiger partial charge in [0.05, 0.1) is 13.2 Å². The molecule has 1 rings (SSSR count). The van der Waals surface area contributed by atoms with Gasteiger partial charge >= 0.3 is 63.6 Å². The van der Waals surface area contributed by atoms with Gasteiger partial charge in [0.1, 0.15) is 11.2 Å². The van der Waals surface area contributed by atoms with Crippen molar-refractivity contribution >= 4 is 44.0 Å². The fourth-order valence-electron chi connectivity index (χ4n) is 1.54. The van der Waals surface area contributed by atoms with Crippen molar-refractivity contribution in [3.63, 3.8) is 0 Å². The van der Waals surface area contributed by atoms with Crippen molar-refractivity contribution < 1.29 is 85.6 Å². The molecule has 0 spiro atoms. The van der Waals surface area contributed by atoms with Crippen molar-refractivity contribution in [3.05, 3.63) is 0 Å². The number of alkyl halides is 2. The van der Waals surface area contributed by atoms with Crippen molar-refractivity contribution in [1.29, 1.82) is 0 Å². The van der Waals surface area contributed by atoms with E-state index in [-0.39, 0.29) is 57.5 Å². The minimum absolute atomic E-state index is 0. The van der Waals surface area contributed by atoms with Crippen molar-refractivity contribution in [1.82, 2.24) is 10.5 Å². The summed E-state index contributed by atoms with van der Waals surface area (Å²) in [5.41, 5.74) is -0.385. The monoisotopic (exact) mass is 646 g/mol. The predicted octanol–water partition coefficient (Wildman–Crippen LogP) is 2.55. The van der Waals surface area contributed by atoms with Crippen LogP contribution in [0.1, 0.15) is 88.0 Å². The zero-order valence-electron chi connectivity index (χ0n) is 22.8. The summed E-state index contributed by atoms with van der Waals surface area (Å²) >= 11 is 6.66. The van der Waals surface area contributed by atoms with Gasteiger partial charge in [-0.15, -0.1) is 5.60 Å². The summed E-state index contributed by atoms with van der Waals surface area (Å²) in [5, 5.41) is 21.7. The van der Waals surface area contributed by atoms with Crippen LogP contribution in [0.5, 0.6) is 0 Å². The molecular formula is C22H45Br2KN2O7. The number of hydrogen-bond acceptors (Lipinski definition) is 7. The van der Waals surface area contributed by atoms with Crippen LogP contribution in [0.25, 0.3) is 0 Å². The second kappa shape index (κ2) is 23.2. The van der Waals surface area contributed by atoms with Gasteiger partial charge in [0.25, 0.3) is 0 Å². The first kappa shape index (κ1) is 42.1. The van der Waals surface area contributed by atoms with Crippen LogP contribution in [0.3, 0.4) is 0 Å². The van der Waals surface area contributed by atoms with Crippen LogP contribution in [0.15, 0.2) is 0 Å². The van der Waals surface area contributed by atoms with E-state index in [9.17, 15) is 14.7 Å². The molecule has 2 amide bonds. The van der Waals surface area contributed by atoms with Crippen molar-refractivity contribution in [2.75, 3.05) is 23.8 Å². The summed E-state index contributed by atoms with van der Waals surface area (Å²) in [4.78, 5) is 26.8. The third kappa shape index (κ3) is 43.1. The van der Waals surface area contributed by atoms with Crippen LogP contribution in [0.2, 0.25) is 0 Å². The average molecular weight is 649 g/mol. The number of rotatable bonds is 3. The number of ether oxygens (including phenoxy) is 2. The van der Waals surface area contributed by atoms with Gasteiger partial charge in [0.15, 0.2) is 0 Å².